The third-order valence-corrected chi connectivity index (χ3v) is 18.1. The van der Waals surface area contributed by atoms with Crippen LogP contribution in [-0.4, -0.2) is 234 Å². The molecule has 3 rings (SSSR count). The Bertz CT molecular complexity index is 1970. The highest BCUT2D eigenvalue weighted by Gasteiger charge is 2.45. The van der Waals surface area contributed by atoms with Gasteiger partial charge in [-0.05, 0) is 95.3 Å². The number of ether oxygens (including phenoxy) is 9. The molecule has 548 valence electrons. The van der Waals surface area contributed by atoms with Crippen LogP contribution in [0.5, 0.6) is 0 Å². The molecule has 0 aliphatic carbocycles. The van der Waals surface area contributed by atoms with E-state index in [1.165, 1.54) is 0 Å². The van der Waals surface area contributed by atoms with E-state index >= 15 is 0 Å². The van der Waals surface area contributed by atoms with Gasteiger partial charge < -0.3 is 105 Å². The van der Waals surface area contributed by atoms with Crippen LogP contribution in [0.25, 0.3) is 0 Å². The molecule has 0 radical (unpaired) electrons. The molecule has 94 heavy (non-hydrogen) atoms. The van der Waals surface area contributed by atoms with Crippen LogP contribution in [0, 0.1) is 23.2 Å². The van der Waals surface area contributed by atoms with E-state index < -0.39 is 117 Å². The number of amides is 3. The first-order chi connectivity index (χ1) is 45.1. The van der Waals surface area contributed by atoms with Crippen LogP contribution in [0.2, 0.25) is 0 Å². The number of alkyl carbamates (subject to hydrolysis) is 1. The molecule has 0 bridgehead atoms. The van der Waals surface area contributed by atoms with E-state index in [2.05, 4.69) is 22.9 Å². The first-order valence-electron chi connectivity index (χ1n) is 35.1. The summed E-state index contributed by atoms with van der Waals surface area (Å²) >= 11 is 0. The number of hydrogen-bond acceptors (Lipinski definition) is 24. The minimum atomic E-state index is -1.20. The second-order valence-corrected chi connectivity index (χ2v) is 26.2. The molecule has 15 unspecified atom stereocenters. The number of nitrogens with one attached hydrogen (secondary N) is 3. The number of esters is 2. The maximum absolute atomic E-state index is 12.7. The van der Waals surface area contributed by atoms with Crippen LogP contribution in [0.15, 0.2) is 0 Å². The Hall–Kier alpha value is -3.78. The van der Waals surface area contributed by atoms with Gasteiger partial charge in [0.25, 0.3) is 0 Å². The average Bonchev–Trinajstić information content (AvgIpc) is 0.848. The van der Waals surface area contributed by atoms with Crippen molar-refractivity contribution in [3.05, 3.63) is 0 Å². The van der Waals surface area contributed by atoms with E-state index in [4.69, 9.17) is 42.6 Å². The van der Waals surface area contributed by atoms with Crippen molar-refractivity contribution in [1.29, 1.82) is 0 Å². The summed E-state index contributed by atoms with van der Waals surface area (Å²) in [5, 5.41) is 97.5. The topological polar surface area (TPSA) is 404 Å². The van der Waals surface area contributed by atoms with E-state index in [0.717, 1.165) is 83.5 Å². The normalized spacial score (nSPS) is 26.8. The zero-order valence-corrected chi connectivity index (χ0v) is 56.8. The zero-order valence-electron chi connectivity index (χ0n) is 56.8. The van der Waals surface area contributed by atoms with Crippen molar-refractivity contribution in [2.24, 2.45) is 23.2 Å². The van der Waals surface area contributed by atoms with Crippen LogP contribution in [-0.2, 0) is 66.6 Å². The van der Waals surface area contributed by atoms with Gasteiger partial charge in [0.2, 0.25) is 11.8 Å². The van der Waals surface area contributed by atoms with E-state index in [1.807, 2.05) is 0 Å². The third kappa shape index (κ3) is 34.6. The van der Waals surface area contributed by atoms with Gasteiger partial charge in [0.1, 0.15) is 42.4 Å². The number of Topliss-reactive ketones (excluding diaryl/α,β-unsaturated/α-hetero) is 1. The van der Waals surface area contributed by atoms with E-state index in [-0.39, 0.29) is 87.4 Å². The molecule has 27 nitrogen and oxygen atoms in total. The van der Waals surface area contributed by atoms with Crippen molar-refractivity contribution in [1.82, 2.24) is 16.0 Å². The molecule has 0 spiro atoms. The Balaban J connectivity index is 1.27. The number of carbonyl (C=O) groups excluding carboxylic acids is 6. The molecule has 3 saturated heterocycles. The Labute approximate surface area is 557 Å². The minimum absolute atomic E-state index is 0.102. The second kappa shape index (κ2) is 49.7. The fourth-order valence-corrected chi connectivity index (χ4v) is 11.7. The fourth-order valence-electron chi connectivity index (χ4n) is 11.7. The summed E-state index contributed by atoms with van der Waals surface area (Å²) < 4.78 is 50.6. The molecule has 3 fully saturated rings. The molecule has 15 atom stereocenters. The van der Waals surface area contributed by atoms with Crippen LogP contribution in [0.1, 0.15) is 214 Å². The highest BCUT2D eigenvalue weighted by Crippen LogP contribution is 2.34. The van der Waals surface area contributed by atoms with Gasteiger partial charge in [0, 0.05) is 75.9 Å². The Kier molecular flexibility index (Phi) is 44.6. The molecule has 3 aliphatic rings. The lowest BCUT2D eigenvalue weighted by Gasteiger charge is -2.40. The van der Waals surface area contributed by atoms with Crippen LogP contribution >= 0.6 is 0 Å². The molecule has 3 heterocycles. The molecular formula is C67H121N3O24. The van der Waals surface area contributed by atoms with Gasteiger partial charge in [0.15, 0.2) is 18.9 Å². The molecule has 3 amide bonds. The SMILES string of the molecule is CC1C(OCCCC(=O)CCCCCCCNC(=O)OCCC(C)(CCCOC(=O)CCCCCCCNC(=O)CCCOC2OC(CO)C(O)C(O)C2C)CCCOC(=O)CCCCCCCNC(=O)CCCOC2OC(CO)C(O)C(O)C2C)OC(CO)C(O)C1O. The van der Waals surface area contributed by atoms with Gasteiger partial charge in [-0.15, -0.1) is 0 Å². The van der Waals surface area contributed by atoms with Gasteiger partial charge >= 0.3 is 18.0 Å². The average molecular weight is 1350 g/mol. The largest absolute Gasteiger partial charge is 0.466 e. The summed E-state index contributed by atoms with van der Waals surface area (Å²) in [6, 6.07) is 0. The molecule has 0 aromatic heterocycles. The maximum atomic E-state index is 12.7. The smallest absolute Gasteiger partial charge is 0.407 e. The van der Waals surface area contributed by atoms with Crippen molar-refractivity contribution < 1.29 is 117 Å². The number of hydrogen-bond donors (Lipinski definition) is 12. The number of ketones is 1. The van der Waals surface area contributed by atoms with Crippen LogP contribution < -0.4 is 16.0 Å². The monoisotopic (exact) mass is 1350 g/mol. The van der Waals surface area contributed by atoms with E-state index in [9.17, 15) is 74.7 Å². The van der Waals surface area contributed by atoms with Gasteiger partial charge in [-0.25, -0.2) is 4.79 Å². The molecule has 0 aromatic carbocycles. The number of carbonyl (C=O) groups is 6. The second-order valence-electron chi connectivity index (χ2n) is 26.2. The lowest BCUT2D eigenvalue weighted by atomic mass is 9.78. The van der Waals surface area contributed by atoms with Gasteiger partial charge in [0.05, 0.1) is 77.8 Å². The lowest BCUT2D eigenvalue weighted by molar-refractivity contribution is -0.282. The van der Waals surface area contributed by atoms with Crippen molar-refractivity contribution in [2.45, 2.75) is 288 Å². The van der Waals surface area contributed by atoms with Gasteiger partial charge in [-0.1, -0.05) is 85.5 Å². The Morgan fingerprint density at radius 2 is 0.691 bits per heavy atom. The highest BCUT2D eigenvalue weighted by atomic mass is 16.7. The quantitative estimate of drug-likeness (QED) is 0.0231. The summed E-state index contributed by atoms with van der Waals surface area (Å²) in [5.41, 5.74) is -0.309. The standard InChI is InChI=1S/C67H121N3O24/c1-46-57(79)60(82)50(43-71)92-63(46)88-37-20-26-49(74)25-14-8-5-13-19-36-70-66(85)91-42-33-67(4,31-23-40-86-55(77)29-15-9-6-11-17-34-68-53(75)27-21-38-89-64-47(2)58(80)61(83)51(44-72)93-64)32-24-41-87-56(78)30-16-10-7-12-18-35-69-54(76)28-22-39-90-65-48(3)59(81)62(84)52(45-73)94-65/h46-48,50-52,57-65,71-73,79-84H,5-45H2,1-4H3,(H,68,75)(H,69,76)(H,70,85). The molecule has 0 saturated carbocycles. The summed E-state index contributed by atoms with van der Waals surface area (Å²) in [5.74, 6) is -2.09. The number of unbranched alkanes of at least 4 members (excludes halogenated alkanes) is 12. The number of aliphatic hydroxyl groups is 9. The molecule has 27 heteroatoms. The minimum Gasteiger partial charge on any atom is -0.466 e. The molecule has 0 aromatic rings. The van der Waals surface area contributed by atoms with Crippen molar-refractivity contribution in [3.8, 4) is 0 Å². The van der Waals surface area contributed by atoms with Gasteiger partial charge in [-0.2, -0.15) is 0 Å². The van der Waals surface area contributed by atoms with Crippen LogP contribution in [0.4, 0.5) is 4.79 Å². The van der Waals surface area contributed by atoms with E-state index in [1.54, 1.807) is 20.8 Å². The van der Waals surface area contributed by atoms with E-state index in [0.29, 0.717) is 110 Å². The fraction of sp³-hybridized carbons (Fsp3) is 0.910. The summed E-state index contributed by atoms with van der Waals surface area (Å²) in [6.45, 7) is 8.67. The highest BCUT2D eigenvalue weighted by molar-refractivity contribution is 5.78. The summed E-state index contributed by atoms with van der Waals surface area (Å²) in [7, 11) is 0. The summed E-state index contributed by atoms with van der Waals surface area (Å²) in [4.78, 5) is 75.1. The lowest BCUT2D eigenvalue weighted by Crippen LogP contribution is -2.55. The number of rotatable bonds is 53. The van der Waals surface area contributed by atoms with Gasteiger partial charge in [-0.3, -0.25) is 24.0 Å². The molecule has 3 aliphatic heterocycles. The first-order valence-corrected chi connectivity index (χ1v) is 35.1. The maximum Gasteiger partial charge on any atom is 0.407 e. The predicted molar refractivity (Wildman–Crippen MR) is 343 cm³/mol. The first kappa shape index (κ1) is 84.4. The Morgan fingerprint density at radius 1 is 0.362 bits per heavy atom. The van der Waals surface area contributed by atoms with Crippen molar-refractivity contribution in [3.63, 3.8) is 0 Å². The van der Waals surface area contributed by atoms with Crippen molar-refractivity contribution in [2.75, 3.05) is 79.1 Å². The zero-order chi connectivity index (χ0) is 69.1. The molecular weight excluding hydrogens is 1230 g/mol. The summed E-state index contributed by atoms with van der Waals surface area (Å²) in [6.07, 6.45) is 6.25. The Morgan fingerprint density at radius 3 is 1.07 bits per heavy atom. The molecule has 12 N–H and O–H groups in total. The van der Waals surface area contributed by atoms with Crippen LogP contribution in [0.3, 0.4) is 0 Å². The van der Waals surface area contributed by atoms with Crippen molar-refractivity contribution >= 4 is 35.6 Å². The predicted octanol–water partition coefficient (Wildman–Crippen LogP) is 4.19. The number of aliphatic hydroxyl groups excluding tert-OH is 9. The third-order valence-electron chi connectivity index (χ3n) is 18.1.